The average Bonchev–Trinajstić information content (AvgIpc) is 2.38. The van der Waals surface area contributed by atoms with Crippen molar-refractivity contribution < 1.29 is 14.3 Å². The molecule has 1 atom stereocenters. The van der Waals surface area contributed by atoms with Crippen LogP contribution in [0.2, 0.25) is 0 Å². The number of likely N-dealkylation sites (tertiary alicyclic amines) is 1. The first-order valence-corrected chi connectivity index (χ1v) is 7.61. The molecule has 1 aliphatic rings. The molecular formula is C15H28N2O3. The lowest BCUT2D eigenvalue weighted by molar-refractivity contribution is -0.146. The first-order valence-electron chi connectivity index (χ1n) is 7.61. The summed E-state index contributed by atoms with van der Waals surface area (Å²) < 4.78 is 4.96. The maximum Gasteiger partial charge on any atom is 0.320 e. The van der Waals surface area contributed by atoms with Crippen molar-refractivity contribution in [1.29, 1.82) is 0 Å². The lowest BCUT2D eigenvalue weighted by Gasteiger charge is -2.33. The number of rotatable bonds is 6. The van der Waals surface area contributed by atoms with Crippen LogP contribution in [0.25, 0.3) is 0 Å². The molecule has 0 aromatic rings. The Bertz CT molecular complexity index is 331. The molecular weight excluding hydrogens is 256 g/mol. The van der Waals surface area contributed by atoms with Crippen LogP contribution in [-0.2, 0) is 14.3 Å². The van der Waals surface area contributed by atoms with Crippen LogP contribution >= 0.6 is 0 Å². The van der Waals surface area contributed by atoms with Gasteiger partial charge in [0, 0.05) is 19.1 Å². The van der Waals surface area contributed by atoms with Crippen LogP contribution < -0.4 is 0 Å². The number of nitrogens with zero attached hydrogens (tertiary/aromatic N) is 2. The zero-order chi connectivity index (χ0) is 15.1. The summed E-state index contributed by atoms with van der Waals surface area (Å²) in [6, 6.07) is 0.144. The minimum atomic E-state index is -0.263. The van der Waals surface area contributed by atoms with Gasteiger partial charge in [0.15, 0.2) is 0 Å². The molecule has 1 amide bonds. The monoisotopic (exact) mass is 284 g/mol. The largest absolute Gasteiger partial charge is 0.465 e. The van der Waals surface area contributed by atoms with Gasteiger partial charge in [-0.3, -0.25) is 14.5 Å². The summed E-state index contributed by atoms with van der Waals surface area (Å²) >= 11 is 0. The quantitative estimate of drug-likeness (QED) is 0.694. The zero-order valence-electron chi connectivity index (χ0n) is 13.2. The highest BCUT2D eigenvalue weighted by molar-refractivity contribution is 5.79. The van der Waals surface area contributed by atoms with Crippen molar-refractivity contribution in [3.05, 3.63) is 0 Å². The average molecular weight is 284 g/mol. The molecule has 1 rings (SSSR count). The second-order valence-electron chi connectivity index (χ2n) is 5.89. The Kier molecular flexibility index (Phi) is 6.99. The maximum atomic E-state index is 12.3. The minimum absolute atomic E-state index is 0.120. The molecule has 0 N–H and O–H groups in total. The van der Waals surface area contributed by atoms with E-state index in [1.807, 2.05) is 23.6 Å². The minimum Gasteiger partial charge on any atom is -0.465 e. The lowest BCUT2D eigenvalue weighted by Crippen LogP contribution is -2.47. The second kappa shape index (κ2) is 8.25. The molecule has 0 aromatic carbocycles. The highest BCUT2D eigenvalue weighted by Crippen LogP contribution is 2.16. The van der Waals surface area contributed by atoms with Crippen LogP contribution in [-0.4, -0.2) is 60.5 Å². The number of amides is 1. The SMILES string of the molecule is CCOC(=O)CN(CC(=O)N1CCC[C@@H](C)C1)C(C)C. The Morgan fingerprint density at radius 2 is 2.05 bits per heavy atom. The number of piperidine rings is 1. The van der Waals surface area contributed by atoms with Crippen LogP contribution in [0.3, 0.4) is 0 Å². The third kappa shape index (κ3) is 5.49. The number of hydrogen-bond donors (Lipinski definition) is 0. The molecule has 1 aliphatic heterocycles. The van der Waals surface area contributed by atoms with Gasteiger partial charge in [0.1, 0.15) is 0 Å². The van der Waals surface area contributed by atoms with Crippen LogP contribution in [0, 0.1) is 5.92 Å². The number of esters is 1. The molecule has 116 valence electrons. The third-order valence-electron chi connectivity index (χ3n) is 3.72. The smallest absolute Gasteiger partial charge is 0.320 e. The predicted molar refractivity (Wildman–Crippen MR) is 78.3 cm³/mol. The summed E-state index contributed by atoms with van der Waals surface area (Å²) in [5.74, 6) is 0.431. The predicted octanol–water partition coefficient (Wildman–Crippen LogP) is 1.52. The molecule has 0 radical (unpaired) electrons. The first kappa shape index (κ1) is 17.0. The standard InChI is InChI=1S/C15H28N2O3/c1-5-20-15(19)11-17(12(2)3)10-14(18)16-8-6-7-13(4)9-16/h12-13H,5-11H2,1-4H3/t13-/m1/s1. The van der Waals surface area contributed by atoms with Crippen molar-refractivity contribution in [2.24, 2.45) is 5.92 Å². The summed E-state index contributed by atoms with van der Waals surface area (Å²) in [6.45, 7) is 10.5. The fourth-order valence-corrected chi connectivity index (χ4v) is 2.48. The van der Waals surface area contributed by atoms with Gasteiger partial charge in [0.2, 0.25) is 5.91 Å². The second-order valence-corrected chi connectivity index (χ2v) is 5.89. The summed E-state index contributed by atoms with van der Waals surface area (Å²) in [7, 11) is 0. The molecule has 0 unspecified atom stereocenters. The molecule has 5 nitrogen and oxygen atoms in total. The number of ether oxygens (including phenoxy) is 1. The van der Waals surface area contributed by atoms with Crippen molar-refractivity contribution in [2.75, 3.05) is 32.8 Å². The van der Waals surface area contributed by atoms with Crippen molar-refractivity contribution in [2.45, 2.75) is 46.6 Å². The highest BCUT2D eigenvalue weighted by Gasteiger charge is 2.24. The molecule has 0 saturated carbocycles. The van der Waals surface area contributed by atoms with Crippen molar-refractivity contribution in [3.63, 3.8) is 0 Å². The number of hydrogen-bond acceptors (Lipinski definition) is 4. The van der Waals surface area contributed by atoms with Crippen molar-refractivity contribution in [1.82, 2.24) is 9.80 Å². The molecule has 1 fully saturated rings. The fourth-order valence-electron chi connectivity index (χ4n) is 2.48. The van der Waals surface area contributed by atoms with Crippen LogP contribution in [0.15, 0.2) is 0 Å². The van der Waals surface area contributed by atoms with E-state index in [0.717, 1.165) is 19.5 Å². The van der Waals surface area contributed by atoms with E-state index in [4.69, 9.17) is 4.74 Å². The molecule has 0 bridgehead atoms. The van der Waals surface area contributed by atoms with Crippen LogP contribution in [0.4, 0.5) is 0 Å². The van der Waals surface area contributed by atoms with Gasteiger partial charge in [-0.2, -0.15) is 0 Å². The Hall–Kier alpha value is -1.10. The van der Waals surface area contributed by atoms with E-state index in [1.54, 1.807) is 6.92 Å². The Labute approximate surface area is 122 Å². The van der Waals surface area contributed by atoms with Gasteiger partial charge in [0.25, 0.3) is 0 Å². The maximum absolute atomic E-state index is 12.3. The summed E-state index contributed by atoms with van der Waals surface area (Å²) in [5.41, 5.74) is 0. The topological polar surface area (TPSA) is 49.9 Å². The van der Waals surface area contributed by atoms with Gasteiger partial charge in [-0.15, -0.1) is 0 Å². The van der Waals surface area contributed by atoms with Gasteiger partial charge in [-0.25, -0.2) is 0 Å². The van der Waals surface area contributed by atoms with Gasteiger partial charge in [0.05, 0.1) is 19.7 Å². The molecule has 20 heavy (non-hydrogen) atoms. The molecule has 0 aliphatic carbocycles. The summed E-state index contributed by atoms with van der Waals surface area (Å²) in [6.07, 6.45) is 2.27. The van der Waals surface area contributed by atoms with E-state index in [9.17, 15) is 9.59 Å². The zero-order valence-corrected chi connectivity index (χ0v) is 13.2. The fraction of sp³-hybridized carbons (Fsp3) is 0.867. The van der Waals surface area contributed by atoms with E-state index < -0.39 is 0 Å². The van der Waals surface area contributed by atoms with Gasteiger partial charge in [-0.1, -0.05) is 6.92 Å². The van der Waals surface area contributed by atoms with Gasteiger partial charge < -0.3 is 9.64 Å². The lowest BCUT2D eigenvalue weighted by atomic mass is 10.0. The third-order valence-corrected chi connectivity index (χ3v) is 3.72. The highest BCUT2D eigenvalue weighted by atomic mass is 16.5. The molecule has 1 saturated heterocycles. The van der Waals surface area contributed by atoms with E-state index in [1.165, 1.54) is 6.42 Å². The molecule has 1 heterocycles. The van der Waals surface area contributed by atoms with Gasteiger partial charge >= 0.3 is 5.97 Å². The molecule has 5 heteroatoms. The van der Waals surface area contributed by atoms with E-state index in [-0.39, 0.29) is 24.5 Å². The van der Waals surface area contributed by atoms with E-state index in [0.29, 0.717) is 19.1 Å². The number of carbonyl (C=O) groups excluding carboxylic acids is 2. The number of carbonyl (C=O) groups is 2. The van der Waals surface area contributed by atoms with Crippen molar-refractivity contribution >= 4 is 11.9 Å². The Balaban J connectivity index is 2.51. The summed E-state index contributed by atoms with van der Waals surface area (Å²) in [4.78, 5) is 27.7. The Morgan fingerprint density at radius 1 is 1.35 bits per heavy atom. The molecule has 0 aromatic heterocycles. The Morgan fingerprint density at radius 3 is 2.60 bits per heavy atom. The van der Waals surface area contributed by atoms with Gasteiger partial charge in [-0.05, 0) is 39.5 Å². The first-order chi connectivity index (χ1) is 9.43. The normalized spacial score (nSPS) is 19.5. The van der Waals surface area contributed by atoms with Crippen LogP contribution in [0.5, 0.6) is 0 Å². The van der Waals surface area contributed by atoms with E-state index >= 15 is 0 Å². The van der Waals surface area contributed by atoms with Crippen LogP contribution in [0.1, 0.15) is 40.5 Å². The van der Waals surface area contributed by atoms with Crippen molar-refractivity contribution in [3.8, 4) is 0 Å². The molecule has 0 spiro atoms. The van der Waals surface area contributed by atoms with E-state index in [2.05, 4.69) is 6.92 Å². The summed E-state index contributed by atoms with van der Waals surface area (Å²) in [5, 5.41) is 0.